The largest absolute Gasteiger partial charge is 0.480 e. The Bertz CT molecular complexity index is 700. The maximum Gasteiger partial charge on any atom is 0.326 e. The topological polar surface area (TPSA) is 258 Å². The van der Waals surface area contributed by atoms with Crippen LogP contribution >= 0.6 is 12.6 Å². The van der Waals surface area contributed by atoms with Crippen molar-refractivity contribution in [2.75, 3.05) is 12.3 Å². The second-order valence-electron chi connectivity index (χ2n) is 6.60. The third-order valence-corrected chi connectivity index (χ3v) is 4.26. The number of aliphatic imine (C=N–C) groups is 1. The second-order valence-corrected chi connectivity index (χ2v) is 6.96. The molecule has 176 valence electrons. The van der Waals surface area contributed by atoms with Crippen LogP contribution in [0, 0.1) is 0 Å². The number of nitrogens with two attached hydrogens (primary N) is 4. The van der Waals surface area contributed by atoms with E-state index in [0.717, 1.165) is 0 Å². The lowest BCUT2D eigenvalue weighted by Crippen LogP contribution is -2.57. The molecule has 0 heterocycles. The Labute approximate surface area is 184 Å². The molecule has 15 heteroatoms. The number of hydrogen-bond acceptors (Lipinski definition) is 8. The highest BCUT2D eigenvalue weighted by Gasteiger charge is 2.28. The summed E-state index contributed by atoms with van der Waals surface area (Å²) in [6, 6.07) is -4.73. The zero-order valence-corrected chi connectivity index (χ0v) is 17.9. The third kappa shape index (κ3) is 11.6. The summed E-state index contributed by atoms with van der Waals surface area (Å²) >= 11 is 4.01. The summed E-state index contributed by atoms with van der Waals surface area (Å²) in [4.78, 5) is 62.4. The number of carboxylic acids is 1. The van der Waals surface area contributed by atoms with E-state index >= 15 is 0 Å². The first-order valence-corrected chi connectivity index (χ1v) is 9.86. The fourth-order valence-electron chi connectivity index (χ4n) is 2.20. The standard InChI is InChI=1S/C16H30N8O6S/c1-7(12(26)23-9(15(29)30)5-11(18)25)22-14(28)10(6-31)24-13(27)8(17)3-2-4-21-16(19)20/h7-10,31H,2-6,17H2,1H3,(H2,18,25)(H,22,28)(H,23,26)(H,24,27)(H,29,30)(H4,19,20,21). The van der Waals surface area contributed by atoms with Gasteiger partial charge >= 0.3 is 5.97 Å². The van der Waals surface area contributed by atoms with Crippen LogP contribution in [0.4, 0.5) is 0 Å². The van der Waals surface area contributed by atoms with Gasteiger partial charge in [-0.05, 0) is 19.8 Å². The molecular weight excluding hydrogens is 432 g/mol. The van der Waals surface area contributed by atoms with Crippen LogP contribution in [-0.2, 0) is 24.0 Å². The van der Waals surface area contributed by atoms with Crippen LogP contribution in [0.3, 0.4) is 0 Å². The Hall–Kier alpha value is -3.07. The Morgan fingerprint density at radius 2 is 1.55 bits per heavy atom. The lowest BCUT2D eigenvalue weighted by Gasteiger charge is -2.22. The van der Waals surface area contributed by atoms with E-state index in [1.807, 2.05) is 0 Å². The minimum atomic E-state index is -1.54. The van der Waals surface area contributed by atoms with Crippen LogP contribution < -0.4 is 38.9 Å². The molecule has 0 aromatic heterocycles. The highest BCUT2D eigenvalue weighted by Crippen LogP contribution is 1.99. The number of hydrogen-bond donors (Lipinski definition) is 9. The van der Waals surface area contributed by atoms with Gasteiger partial charge in [0, 0.05) is 12.3 Å². The number of aliphatic carboxylic acids is 1. The molecule has 31 heavy (non-hydrogen) atoms. The van der Waals surface area contributed by atoms with Crippen molar-refractivity contribution in [3.8, 4) is 0 Å². The number of thiol groups is 1. The molecule has 0 spiro atoms. The lowest BCUT2D eigenvalue weighted by atomic mass is 10.1. The number of primary amides is 1. The average molecular weight is 463 g/mol. The fraction of sp³-hybridized carbons (Fsp3) is 0.625. The molecule has 14 nitrogen and oxygen atoms in total. The van der Waals surface area contributed by atoms with Crippen molar-refractivity contribution in [1.29, 1.82) is 0 Å². The maximum absolute atomic E-state index is 12.3. The van der Waals surface area contributed by atoms with Crippen molar-refractivity contribution >= 4 is 48.2 Å². The summed E-state index contributed by atoms with van der Waals surface area (Å²) in [5.41, 5.74) is 21.1. The lowest BCUT2D eigenvalue weighted by molar-refractivity contribution is -0.143. The second kappa shape index (κ2) is 14.0. The smallest absolute Gasteiger partial charge is 0.326 e. The van der Waals surface area contributed by atoms with E-state index in [1.54, 1.807) is 0 Å². The number of nitrogens with one attached hydrogen (secondary N) is 3. The molecule has 0 aliphatic carbocycles. The van der Waals surface area contributed by atoms with Crippen LogP contribution in [0.5, 0.6) is 0 Å². The SMILES string of the molecule is CC(NC(=O)C(CS)NC(=O)C(N)CCCN=C(N)N)C(=O)NC(CC(N)=O)C(=O)O. The van der Waals surface area contributed by atoms with Gasteiger partial charge < -0.3 is 44.0 Å². The fourth-order valence-corrected chi connectivity index (χ4v) is 2.46. The predicted octanol–water partition coefficient (Wildman–Crippen LogP) is -4.27. The molecule has 0 bridgehead atoms. The monoisotopic (exact) mass is 462 g/mol. The average Bonchev–Trinajstić information content (AvgIpc) is 2.67. The van der Waals surface area contributed by atoms with Gasteiger partial charge in [-0.2, -0.15) is 12.6 Å². The Morgan fingerprint density at radius 3 is 2.03 bits per heavy atom. The summed E-state index contributed by atoms with van der Waals surface area (Å²) < 4.78 is 0. The van der Waals surface area contributed by atoms with E-state index in [-0.39, 0.29) is 18.1 Å². The number of rotatable bonds is 14. The highest BCUT2D eigenvalue weighted by molar-refractivity contribution is 7.80. The zero-order chi connectivity index (χ0) is 24.1. The van der Waals surface area contributed by atoms with Crippen molar-refractivity contribution in [1.82, 2.24) is 16.0 Å². The molecule has 0 aliphatic heterocycles. The molecule has 4 atom stereocenters. The number of carbonyl (C=O) groups excluding carboxylic acids is 4. The molecule has 0 radical (unpaired) electrons. The minimum absolute atomic E-state index is 0.0766. The summed E-state index contributed by atoms with van der Waals surface area (Å²) in [6.07, 6.45) is 0.0917. The van der Waals surface area contributed by atoms with Gasteiger partial charge in [0.2, 0.25) is 23.6 Å². The van der Waals surface area contributed by atoms with E-state index < -0.39 is 60.2 Å². The van der Waals surface area contributed by atoms with Crippen LogP contribution in [-0.4, -0.2) is 77.1 Å². The van der Waals surface area contributed by atoms with Crippen LogP contribution in [0.25, 0.3) is 0 Å². The van der Waals surface area contributed by atoms with E-state index in [1.165, 1.54) is 6.92 Å². The van der Waals surface area contributed by atoms with Gasteiger partial charge in [0.25, 0.3) is 0 Å². The van der Waals surface area contributed by atoms with Gasteiger partial charge in [-0.3, -0.25) is 24.2 Å². The molecule has 0 fully saturated rings. The van der Waals surface area contributed by atoms with E-state index in [2.05, 4.69) is 33.6 Å². The molecule has 0 saturated heterocycles. The van der Waals surface area contributed by atoms with Crippen molar-refractivity contribution < 1.29 is 29.1 Å². The first-order valence-electron chi connectivity index (χ1n) is 9.23. The van der Waals surface area contributed by atoms with E-state index in [9.17, 15) is 24.0 Å². The summed E-state index contributed by atoms with van der Waals surface area (Å²) in [5.74, 6) is -4.75. The summed E-state index contributed by atoms with van der Waals surface area (Å²) in [5, 5.41) is 15.9. The van der Waals surface area contributed by atoms with E-state index in [4.69, 9.17) is 28.0 Å². The highest BCUT2D eigenvalue weighted by atomic mass is 32.1. The number of amides is 4. The number of guanidine groups is 1. The molecular formula is C16H30N8O6S. The van der Waals surface area contributed by atoms with Gasteiger partial charge in [-0.1, -0.05) is 0 Å². The van der Waals surface area contributed by atoms with Crippen LogP contribution in [0.2, 0.25) is 0 Å². The van der Waals surface area contributed by atoms with Crippen molar-refractivity contribution in [2.24, 2.45) is 27.9 Å². The normalized spacial score (nSPS) is 14.3. The van der Waals surface area contributed by atoms with E-state index in [0.29, 0.717) is 13.0 Å². The Kier molecular flexibility index (Phi) is 12.6. The Morgan fingerprint density at radius 1 is 0.968 bits per heavy atom. The molecule has 0 aromatic carbocycles. The number of carbonyl (C=O) groups is 5. The molecule has 4 amide bonds. The molecule has 4 unspecified atom stereocenters. The summed E-state index contributed by atoms with van der Waals surface area (Å²) in [6.45, 7) is 1.59. The molecule has 0 aromatic rings. The van der Waals surface area contributed by atoms with Gasteiger partial charge in [0.1, 0.15) is 18.1 Å². The zero-order valence-electron chi connectivity index (χ0n) is 17.0. The van der Waals surface area contributed by atoms with Crippen molar-refractivity contribution in [2.45, 2.75) is 50.4 Å². The first-order chi connectivity index (χ1) is 14.4. The maximum atomic E-state index is 12.3. The first kappa shape index (κ1) is 27.9. The molecule has 0 saturated carbocycles. The molecule has 12 N–H and O–H groups in total. The van der Waals surface area contributed by atoms with Crippen LogP contribution in [0.15, 0.2) is 4.99 Å². The van der Waals surface area contributed by atoms with Gasteiger partial charge in [-0.25, -0.2) is 4.79 Å². The number of carboxylic acid groups (broad SMARTS) is 1. The quantitative estimate of drug-likeness (QED) is 0.0523. The Balaban J connectivity index is 4.74. The van der Waals surface area contributed by atoms with Gasteiger partial charge in [0.15, 0.2) is 5.96 Å². The van der Waals surface area contributed by atoms with Gasteiger partial charge in [-0.15, -0.1) is 0 Å². The summed E-state index contributed by atoms with van der Waals surface area (Å²) in [7, 11) is 0. The molecule has 0 rings (SSSR count). The third-order valence-electron chi connectivity index (χ3n) is 3.89. The predicted molar refractivity (Wildman–Crippen MR) is 115 cm³/mol. The van der Waals surface area contributed by atoms with Crippen molar-refractivity contribution in [3.63, 3.8) is 0 Å². The van der Waals surface area contributed by atoms with Crippen molar-refractivity contribution in [3.05, 3.63) is 0 Å². The van der Waals surface area contributed by atoms with Gasteiger partial charge in [0.05, 0.1) is 12.5 Å². The number of nitrogens with zero attached hydrogens (tertiary/aromatic N) is 1. The van der Waals surface area contributed by atoms with Crippen LogP contribution in [0.1, 0.15) is 26.2 Å². The molecule has 0 aliphatic rings. The minimum Gasteiger partial charge on any atom is -0.480 e.